The molecule has 0 aliphatic carbocycles. The van der Waals surface area contributed by atoms with Gasteiger partial charge in [-0.25, -0.2) is 15.0 Å². The molecule has 1 aromatic heterocycles. The molecule has 0 amide bonds. The van der Waals surface area contributed by atoms with Gasteiger partial charge < -0.3 is 0 Å². The third-order valence-electron chi connectivity index (χ3n) is 1.76. The van der Waals surface area contributed by atoms with E-state index in [2.05, 4.69) is 35.3 Å². The normalized spacial score (nSPS) is 9.50. The van der Waals surface area contributed by atoms with Gasteiger partial charge in [0.15, 0.2) is 0 Å². The Labute approximate surface area is 84.0 Å². The monoisotopic (exact) mass is 190 g/mol. The summed E-state index contributed by atoms with van der Waals surface area (Å²) in [5.74, 6) is 0.495. The van der Waals surface area contributed by atoms with Crippen molar-refractivity contribution < 1.29 is 0 Å². The Kier molecular flexibility index (Phi) is 3.79. The molecule has 0 spiro atoms. The Balaban J connectivity index is 2.81. The van der Waals surface area contributed by atoms with Crippen LogP contribution in [0.4, 0.5) is 5.95 Å². The number of aryl methyl sites for hydroxylation is 1. The highest BCUT2D eigenvalue weighted by Gasteiger charge is 2.02. The van der Waals surface area contributed by atoms with E-state index in [4.69, 9.17) is 0 Å². The molecule has 0 bridgehead atoms. The summed E-state index contributed by atoms with van der Waals surface area (Å²) in [6, 6.07) is 0. The number of rotatable bonds is 5. The number of hydrazone groups is 1. The van der Waals surface area contributed by atoms with Crippen LogP contribution in [-0.4, -0.2) is 16.7 Å². The van der Waals surface area contributed by atoms with Crippen molar-refractivity contribution >= 4 is 12.7 Å². The molecule has 0 atom stereocenters. The lowest BCUT2D eigenvalue weighted by Crippen LogP contribution is -2.09. The van der Waals surface area contributed by atoms with Gasteiger partial charge in [-0.15, -0.1) is 0 Å². The van der Waals surface area contributed by atoms with Gasteiger partial charge in [0.2, 0.25) is 5.95 Å². The molecule has 4 nitrogen and oxygen atoms in total. The van der Waals surface area contributed by atoms with Crippen LogP contribution in [0.3, 0.4) is 0 Å². The SMILES string of the molecule is C=CN(N=C)c1ncc(CCC)cn1. The fourth-order valence-corrected chi connectivity index (χ4v) is 1.09. The average molecular weight is 190 g/mol. The minimum atomic E-state index is 0.495. The molecule has 0 N–H and O–H groups in total. The first-order chi connectivity index (χ1) is 6.81. The Morgan fingerprint density at radius 1 is 1.50 bits per heavy atom. The van der Waals surface area contributed by atoms with E-state index in [1.807, 2.05) is 0 Å². The molecule has 0 fully saturated rings. The molecule has 4 heteroatoms. The van der Waals surface area contributed by atoms with Crippen molar-refractivity contribution in [1.82, 2.24) is 9.97 Å². The molecule has 74 valence electrons. The molecule has 1 rings (SSSR count). The number of aromatic nitrogens is 2. The van der Waals surface area contributed by atoms with Crippen LogP contribution in [0, 0.1) is 0 Å². The fourth-order valence-electron chi connectivity index (χ4n) is 1.09. The maximum atomic E-state index is 4.15. The highest BCUT2D eigenvalue weighted by Crippen LogP contribution is 2.08. The van der Waals surface area contributed by atoms with E-state index in [9.17, 15) is 0 Å². The molecule has 0 radical (unpaired) electrons. The molecular formula is C10H14N4. The van der Waals surface area contributed by atoms with Gasteiger partial charge in [0.25, 0.3) is 0 Å². The molecule has 0 unspecified atom stereocenters. The molecule has 0 saturated carbocycles. The smallest absolute Gasteiger partial charge is 0.219 e. The second-order valence-corrected chi connectivity index (χ2v) is 2.81. The van der Waals surface area contributed by atoms with Crippen LogP contribution in [0.2, 0.25) is 0 Å². The van der Waals surface area contributed by atoms with Gasteiger partial charge >= 0.3 is 0 Å². The molecule has 14 heavy (non-hydrogen) atoms. The lowest BCUT2D eigenvalue weighted by molar-refractivity contribution is 0.888. The fraction of sp³-hybridized carbons (Fsp3) is 0.300. The highest BCUT2D eigenvalue weighted by atomic mass is 15.5. The van der Waals surface area contributed by atoms with Crippen molar-refractivity contribution in [3.05, 3.63) is 30.7 Å². The summed E-state index contributed by atoms with van der Waals surface area (Å²) in [6.45, 7) is 9.09. The van der Waals surface area contributed by atoms with E-state index in [1.165, 1.54) is 11.2 Å². The summed E-state index contributed by atoms with van der Waals surface area (Å²) in [6.07, 6.45) is 7.20. The van der Waals surface area contributed by atoms with Crippen molar-refractivity contribution in [1.29, 1.82) is 0 Å². The van der Waals surface area contributed by atoms with Crippen LogP contribution >= 0.6 is 0 Å². The first kappa shape index (κ1) is 10.4. The summed E-state index contributed by atoms with van der Waals surface area (Å²) < 4.78 is 0. The first-order valence-corrected chi connectivity index (χ1v) is 4.51. The van der Waals surface area contributed by atoms with Crippen molar-refractivity contribution in [2.75, 3.05) is 5.01 Å². The highest BCUT2D eigenvalue weighted by molar-refractivity contribution is 5.37. The van der Waals surface area contributed by atoms with Gasteiger partial charge in [-0.3, -0.25) is 0 Å². The van der Waals surface area contributed by atoms with Crippen molar-refractivity contribution in [3.63, 3.8) is 0 Å². The quantitative estimate of drug-likeness (QED) is 0.526. The lowest BCUT2D eigenvalue weighted by atomic mass is 10.2. The third kappa shape index (κ3) is 2.39. The summed E-state index contributed by atoms with van der Waals surface area (Å²) >= 11 is 0. The Morgan fingerprint density at radius 3 is 2.57 bits per heavy atom. The molecule has 0 aliphatic rings. The minimum absolute atomic E-state index is 0.495. The maximum Gasteiger partial charge on any atom is 0.250 e. The molecule has 1 heterocycles. The third-order valence-corrected chi connectivity index (χ3v) is 1.76. The predicted octanol–water partition coefficient (Wildman–Crippen LogP) is 1.99. The zero-order valence-electron chi connectivity index (χ0n) is 8.35. The van der Waals surface area contributed by atoms with Crippen LogP contribution in [0.1, 0.15) is 18.9 Å². The second-order valence-electron chi connectivity index (χ2n) is 2.81. The zero-order chi connectivity index (χ0) is 10.4. The van der Waals surface area contributed by atoms with E-state index in [-0.39, 0.29) is 0 Å². The van der Waals surface area contributed by atoms with Crippen molar-refractivity contribution in [2.45, 2.75) is 19.8 Å². The van der Waals surface area contributed by atoms with Crippen LogP contribution in [0.25, 0.3) is 0 Å². The molecule has 0 aromatic carbocycles. The van der Waals surface area contributed by atoms with Gasteiger partial charge in [-0.05, 0) is 12.0 Å². The molecule has 0 aliphatic heterocycles. The minimum Gasteiger partial charge on any atom is -0.219 e. The van der Waals surface area contributed by atoms with E-state index in [0.29, 0.717) is 5.95 Å². The topological polar surface area (TPSA) is 41.4 Å². The maximum absolute atomic E-state index is 4.15. The first-order valence-electron chi connectivity index (χ1n) is 4.51. The summed E-state index contributed by atoms with van der Waals surface area (Å²) in [4.78, 5) is 8.30. The van der Waals surface area contributed by atoms with Crippen molar-refractivity contribution in [3.8, 4) is 0 Å². The largest absolute Gasteiger partial charge is 0.250 e. The van der Waals surface area contributed by atoms with Crippen LogP contribution in [0.15, 0.2) is 30.3 Å². The van der Waals surface area contributed by atoms with Crippen molar-refractivity contribution in [2.24, 2.45) is 5.10 Å². The van der Waals surface area contributed by atoms with E-state index in [1.54, 1.807) is 12.4 Å². The summed E-state index contributed by atoms with van der Waals surface area (Å²) in [5.41, 5.74) is 1.13. The average Bonchev–Trinajstić information content (AvgIpc) is 2.23. The van der Waals surface area contributed by atoms with E-state index in [0.717, 1.165) is 18.4 Å². The van der Waals surface area contributed by atoms with Crippen LogP contribution < -0.4 is 5.01 Å². The number of hydrogen-bond acceptors (Lipinski definition) is 4. The van der Waals surface area contributed by atoms with Gasteiger partial charge in [-0.2, -0.15) is 5.10 Å². The Hall–Kier alpha value is -1.71. The van der Waals surface area contributed by atoms with Gasteiger partial charge in [0, 0.05) is 25.3 Å². The number of nitrogens with zero attached hydrogens (tertiary/aromatic N) is 4. The zero-order valence-corrected chi connectivity index (χ0v) is 8.35. The van der Waals surface area contributed by atoms with Gasteiger partial charge in [0.05, 0.1) is 0 Å². The second kappa shape index (κ2) is 5.11. The predicted molar refractivity (Wildman–Crippen MR) is 58.3 cm³/mol. The number of anilines is 1. The van der Waals surface area contributed by atoms with Crippen LogP contribution in [0.5, 0.6) is 0 Å². The molecular weight excluding hydrogens is 176 g/mol. The lowest BCUT2D eigenvalue weighted by Gasteiger charge is -2.09. The van der Waals surface area contributed by atoms with Crippen LogP contribution in [-0.2, 0) is 6.42 Å². The Morgan fingerprint density at radius 2 is 2.14 bits per heavy atom. The van der Waals surface area contributed by atoms with Gasteiger partial charge in [-0.1, -0.05) is 19.9 Å². The molecule has 0 saturated heterocycles. The van der Waals surface area contributed by atoms with E-state index >= 15 is 0 Å². The molecule has 1 aromatic rings. The van der Waals surface area contributed by atoms with E-state index < -0.39 is 0 Å². The Bertz CT molecular complexity index is 296. The summed E-state index contributed by atoms with van der Waals surface area (Å²) in [7, 11) is 0. The van der Waals surface area contributed by atoms with Gasteiger partial charge in [0.1, 0.15) is 0 Å². The standard InChI is InChI=1S/C10H14N4/c1-4-6-9-7-12-10(13-8-9)14(5-2)11-3/h5,7-8H,2-4,6H2,1H3. The summed E-state index contributed by atoms with van der Waals surface area (Å²) in [5, 5.41) is 5.12. The number of hydrogen-bond donors (Lipinski definition) is 0.